The van der Waals surface area contributed by atoms with Gasteiger partial charge in [-0.2, -0.15) is 0 Å². The van der Waals surface area contributed by atoms with Crippen LogP contribution >= 0.6 is 0 Å². The summed E-state index contributed by atoms with van der Waals surface area (Å²) in [6.07, 6.45) is 3.04. The Kier molecular flexibility index (Phi) is 5.11. The maximum absolute atomic E-state index is 11.8. The van der Waals surface area contributed by atoms with Crippen molar-refractivity contribution in [1.29, 1.82) is 0 Å². The fourth-order valence-electron chi connectivity index (χ4n) is 3.94. The molecule has 0 radical (unpaired) electrons. The number of anilines is 1. The smallest absolute Gasteiger partial charge is 0.227 e. The van der Waals surface area contributed by atoms with E-state index in [4.69, 9.17) is 0 Å². The summed E-state index contributed by atoms with van der Waals surface area (Å²) in [5, 5.41) is 13.3. The molecule has 3 rings (SSSR count). The van der Waals surface area contributed by atoms with Gasteiger partial charge in [0.25, 0.3) is 0 Å². The molecule has 1 unspecified atom stereocenters. The number of hydrogen-bond donors (Lipinski definition) is 2. The molecule has 2 heterocycles. The lowest BCUT2D eigenvalue weighted by molar-refractivity contribution is -0.128. The zero-order valence-electron chi connectivity index (χ0n) is 15.0. The first-order chi connectivity index (χ1) is 11.9. The van der Waals surface area contributed by atoms with Crippen LogP contribution in [0.5, 0.6) is 0 Å². The van der Waals surface area contributed by atoms with Crippen LogP contribution in [0.25, 0.3) is 0 Å². The van der Waals surface area contributed by atoms with Crippen molar-refractivity contribution in [2.24, 2.45) is 0 Å². The van der Waals surface area contributed by atoms with Gasteiger partial charge >= 0.3 is 0 Å². The molecule has 0 aromatic heterocycles. The van der Waals surface area contributed by atoms with Crippen molar-refractivity contribution < 1.29 is 14.7 Å². The van der Waals surface area contributed by atoms with Gasteiger partial charge in [0, 0.05) is 39.3 Å². The molecule has 0 spiro atoms. The topological polar surface area (TPSA) is 72.9 Å². The number of nitrogens with one attached hydrogen (secondary N) is 1. The molecule has 136 valence electrons. The lowest BCUT2D eigenvalue weighted by Gasteiger charge is -2.39. The summed E-state index contributed by atoms with van der Waals surface area (Å²) in [5.74, 6) is 0.0429. The number of carbonyl (C=O) groups is 2. The maximum Gasteiger partial charge on any atom is 0.227 e. The Morgan fingerprint density at radius 1 is 1.36 bits per heavy atom. The second-order valence-corrected chi connectivity index (χ2v) is 7.30. The number of nitrogens with zero attached hydrogens (tertiary/aromatic N) is 2. The van der Waals surface area contributed by atoms with E-state index in [2.05, 4.69) is 22.3 Å². The first-order valence-corrected chi connectivity index (χ1v) is 8.94. The van der Waals surface area contributed by atoms with Gasteiger partial charge in [-0.3, -0.25) is 14.5 Å². The molecule has 2 amide bonds. The number of hydrogen-bond acceptors (Lipinski definition) is 4. The fourth-order valence-corrected chi connectivity index (χ4v) is 3.94. The number of amides is 2. The van der Waals surface area contributed by atoms with Crippen molar-refractivity contribution in [2.75, 3.05) is 32.1 Å². The predicted molar refractivity (Wildman–Crippen MR) is 96.3 cm³/mol. The molecular weight excluding hydrogens is 318 g/mol. The molecule has 25 heavy (non-hydrogen) atoms. The molecule has 0 aliphatic carbocycles. The van der Waals surface area contributed by atoms with Crippen LogP contribution in [0.15, 0.2) is 18.2 Å². The standard InChI is InChI=1S/C19H27N3O3/c1-20-17(23)11-19(25)8-3-9-22(13-19)12-14-4-6-16-15(10-14)5-7-18(24)21(16)2/h4,6,10,25H,3,5,7-9,11-13H2,1-2H3,(H,20,23). The normalized spacial score (nSPS) is 24.1. The predicted octanol–water partition coefficient (Wildman–Crippen LogP) is 1.06. The van der Waals surface area contributed by atoms with Gasteiger partial charge in [0.05, 0.1) is 12.0 Å². The van der Waals surface area contributed by atoms with Crippen molar-refractivity contribution in [3.63, 3.8) is 0 Å². The van der Waals surface area contributed by atoms with Crippen LogP contribution in [-0.2, 0) is 22.6 Å². The summed E-state index contributed by atoms with van der Waals surface area (Å²) in [6.45, 7) is 2.18. The van der Waals surface area contributed by atoms with Crippen molar-refractivity contribution >= 4 is 17.5 Å². The molecule has 1 aromatic carbocycles. The van der Waals surface area contributed by atoms with Gasteiger partial charge in [-0.1, -0.05) is 12.1 Å². The number of benzene rings is 1. The summed E-state index contributed by atoms with van der Waals surface area (Å²) < 4.78 is 0. The van der Waals surface area contributed by atoms with E-state index in [1.807, 2.05) is 13.1 Å². The van der Waals surface area contributed by atoms with Crippen molar-refractivity contribution in [3.05, 3.63) is 29.3 Å². The quantitative estimate of drug-likeness (QED) is 0.856. The summed E-state index contributed by atoms with van der Waals surface area (Å²) >= 11 is 0. The van der Waals surface area contributed by atoms with Gasteiger partial charge in [-0.15, -0.1) is 0 Å². The zero-order valence-corrected chi connectivity index (χ0v) is 15.0. The molecule has 1 aromatic rings. The Bertz CT molecular complexity index is 676. The van der Waals surface area contributed by atoms with Crippen LogP contribution in [0.4, 0.5) is 5.69 Å². The van der Waals surface area contributed by atoms with E-state index < -0.39 is 5.60 Å². The van der Waals surface area contributed by atoms with Gasteiger partial charge < -0.3 is 15.3 Å². The molecule has 2 N–H and O–H groups in total. The SMILES string of the molecule is CNC(=O)CC1(O)CCCN(Cc2ccc3c(c2)CCC(=O)N3C)C1. The molecule has 2 aliphatic heterocycles. The first-order valence-electron chi connectivity index (χ1n) is 8.94. The van der Waals surface area contributed by atoms with Crippen LogP contribution in [0.1, 0.15) is 36.8 Å². The van der Waals surface area contributed by atoms with E-state index in [-0.39, 0.29) is 18.2 Å². The van der Waals surface area contributed by atoms with E-state index in [0.29, 0.717) is 19.4 Å². The van der Waals surface area contributed by atoms with Crippen LogP contribution in [-0.4, -0.2) is 54.6 Å². The number of aliphatic hydroxyl groups is 1. The van der Waals surface area contributed by atoms with Gasteiger partial charge in [-0.05, 0) is 43.0 Å². The Morgan fingerprint density at radius 2 is 2.16 bits per heavy atom. The molecule has 1 saturated heterocycles. The molecule has 0 bridgehead atoms. The molecular formula is C19H27N3O3. The van der Waals surface area contributed by atoms with Gasteiger partial charge in [0.1, 0.15) is 0 Å². The minimum Gasteiger partial charge on any atom is -0.388 e. The van der Waals surface area contributed by atoms with Gasteiger partial charge in [0.2, 0.25) is 11.8 Å². The summed E-state index contributed by atoms with van der Waals surface area (Å²) in [4.78, 5) is 27.4. The van der Waals surface area contributed by atoms with Crippen molar-refractivity contribution in [2.45, 2.75) is 44.2 Å². The van der Waals surface area contributed by atoms with Crippen LogP contribution in [0, 0.1) is 0 Å². The third-order valence-corrected chi connectivity index (χ3v) is 5.30. The van der Waals surface area contributed by atoms with Crippen LogP contribution < -0.4 is 10.2 Å². The lowest BCUT2D eigenvalue weighted by atomic mass is 9.89. The monoisotopic (exact) mass is 345 g/mol. The second kappa shape index (κ2) is 7.14. The summed E-state index contributed by atoms with van der Waals surface area (Å²) in [6, 6.07) is 6.24. The van der Waals surface area contributed by atoms with E-state index in [1.54, 1.807) is 11.9 Å². The Morgan fingerprint density at radius 3 is 2.92 bits per heavy atom. The van der Waals surface area contributed by atoms with Crippen molar-refractivity contribution in [3.8, 4) is 0 Å². The van der Waals surface area contributed by atoms with E-state index in [0.717, 1.165) is 31.6 Å². The Balaban J connectivity index is 1.68. The highest BCUT2D eigenvalue weighted by atomic mass is 16.3. The Hall–Kier alpha value is -1.92. The molecule has 0 saturated carbocycles. The number of aryl methyl sites for hydroxylation is 1. The van der Waals surface area contributed by atoms with Crippen LogP contribution in [0.3, 0.4) is 0 Å². The molecule has 6 nitrogen and oxygen atoms in total. The number of rotatable bonds is 4. The van der Waals surface area contributed by atoms with Gasteiger partial charge in [-0.25, -0.2) is 0 Å². The molecule has 1 atom stereocenters. The van der Waals surface area contributed by atoms with Gasteiger partial charge in [0.15, 0.2) is 0 Å². The minimum absolute atomic E-state index is 0.120. The van der Waals surface area contributed by atoms with E-state index in [9.17, 15) is 14.7 Å². The molecule has 1 fully saturated rings. The number of carbonyl (C=O) groups excluding carboxylic acids is 2. The van der Waals surface area contributed by atoms with Crippen molar-refractivity contribution in [1.82, 2.24) is 10.2 Å². The Labute approximate surface area is 148 Å². The largest absolute Gasteiger partial charge is 0.388 e. The highest BCUT2D eigenvalue weighted by Crippen LogP contribution is 2.29. The minimum atomic E-state index is -0.945. The number of likely N-dealkylation sites (tertiary alicyclic amines) is 1. The third-order valence-electron chi connectivity index (χ3n) is 5.30. The summed E-state index contributed by atoms with van der Waals surface area (Å²) in [5.41, 5.74) is 2.44. The molecule has 2 aliphatic rings. The number of β-amino-alcohol motifs (C(OH)–C–C–N with tert-alkyl or cyclic N) is 1. The van der Waals surface area contributed by atoms with E-state index >= 15 is 0 Å². The van der Waals surface area contributed by atoms with E-state index in [1.165, 1.54) is 11.1 Å². The average molecular weight is 345 g/mol. The number of piperidine rings is 1. The highest BCUT2D eigenvalue weighted by molar-refractivity contribution is 5.95. The zero-order chi connectivity index (χ0) is 18.0. The van der Waals surface area contributed by atoms with Crippen LogP contribution in [0.2, 0.25) is 0 Å². The highest BCUT2D eigenvalue weighted by Gasteiger charge is 2.35. The first kappa shape index (κ1) is 17.9. The summed E-state index contributed by atoms with van der Waals surface area (Å²) in [7, 11) is 3.42. The average Bonchev–Trinajstić information content (AvgIpc) is 2.58. The number of fused-ring (bicyclic) bond motifs is 1. The third kappa shape index (κ3) is 4.02. The maximum atomic E-state index is 11.8. The molecule has 6 heteroatoms. The second-order valence-electron chi connectivity index (χ2n) is 7.30. The fraction of sp³-hybridized carbons (Fsp3) is 0.579. The lowest BCUT2D eigenvalue weighted by Crippen LogP contribution is -2.49.